The van der Waals surface area contributed by atoms with Gasteiger partial charge in [-0.15, -0.1) is 0 Å². The fourth-order valence-electron chi connectivity index (χ4n) is 4.24. The van der Waals surface area contributed by atoms with E-state index in [1.165, 1.54) is 33.4 Å². The highest BCUT2D eigenvalue weighted by molar-refractivity contribution is 5.83. The van der Waals surface area contributed by atoms with Gasteiger partial charge in [0.2, 0.25) is 0 Å². The lowest BCUT2D eigenvalue weighted by atomic mass is 9.69. The lowest BCUT2D eigenvalue weighted by Crippen LogP contribution is -2.26. The summed E-state index contributed by atoms with van der Waals surface area (Å²) in [4.78, 5) is 0. The van der Waals surface area contributed by atoms with Crippen molar-refractivity contribution >= 4 is 0 Å². The van der Waals surface area contributed by atoms with Crippen molar-refractivity contribution in [2.24, 2.45) is 0 Å². The van der Waals surface area contributed by atoms with Crippen LogP contribution in [0, 0.1) is 6.92 Å². The first-order chi connectivity index (χ1) is 10.8. The van der Waals surface area contributed by atoms with Crippen molar-refractivity contribution in [2.45, 2.75) is 25.7 Å². The second kappa shape index (κ2) is 4.84. The van der Waals surface area contributed by atoms with Gasteiger partial charge in [0.15, 0.2) is 0 Å². The zero-order valence-corrected chi connectivity index (χ0v) is 13.1. The molecule has 0 saturated carbocycles. The normalized spacial score (nSPS) is 14.5. The quantitative estimate of drug-likeness (QED) is 0.564. The highest BCUT2D eigenvalue weighted by Gasteiger charge is 2.43. The molecule has 108 valence electrons. The molecule has 0 bridgehead atoms. The predicted octanol–water partition coefficient (Wildman–Crippen LogP) is 5.72. The first-order valence-corrected chi connectivity index (χ1v) is 8.04. The Morgan fingerprint density at radius 3 is 1.59 bits per heavy atom. The topological polar surface area (TPSA) is 0 Å². The fourth-order valence-corrected chi connectivity index (χ4v) is 4.24. The van der Waals surface area contributed by atoms with Crippen LogP contribution in [0.1, 0.15) is 35.6 Å². The summed E-state index contributed by atoms with van der Waals surface area (Å²) in [6.07, 6.45) is 1.08. The van der Waals surface area contributed by atoms with Gasteiger partial charge >= 0.3 is 0 Å². The molecule has 1 aliphatic rings. The van der Waals surface area contributed by atoms with Crippen molar-refractivity contribution in [2.75, 3.05) is 0 Å². The maximum atomic E-state index is 2.31. The maximum absolute atomic E-state index is 2.31. The van der Waals surface area contributed by atoms with Gasteiger partial charge in [-0.2, -0.15) is 0 Å². The number of aryl methyl sites for hydroxylation is 1. The zero-order chi connectivity index (χ0) is 15.2. The van der Waals surface area contributed by atoms with E-state index in [2.05, 4.69) is 86.6 Å². The maximum Gasteiger partial charge on any atom is 0.0463 e. The molecule has 0 heterocycles. The van der Waals surface area contributed by atoms with Gasteiger partial charge in [-0.3, -0.25) is 0 Å². The Hall–Kier alpha value is -2.34. The second-order valence-electron chi connectivity index (χ2n) is 6.16. The molecule has 0 spiro atoms. The number of benzene rings is 3. The lowest BCUT2D eigenvalue weighted by molar-refractivity contribution is 0.605. The Balaban J connectivity index is 2.14. The summed E-state index contributed by atoms with van der Waals surface area (Å²) in [7, 11) is 0. The summed E-state index contributed by atoms with van der Waals surface area (Å²) >= 11 is 0. The van der Waals surface area contributed by atoms with Crippen molar-refractivity contribution in [3.8, 4) is 11.1 Å². The molecular formula is C22H20. The Labute approximate surface area is 132 Å². The average Bonchev–Trinajstić information content (AvgIpc) is 2.87. The van der Waals surface area contributed by atoms with Crippen LogP contribution >= 0.6 is 0 Å². The molecule has 0 aliphatic heterocycles. The lowest BCUT2D eigenvalue weighted by Gasteiger charge is -2.33. The number of hydrogen-bond acceptors (Lipinski definition) is 0. The third-order valence-electron chi connectivity index (χ3n) is 5.20. The van der Waals surface area contributed by atoms with E-state index >= 15 is 0 Å². The Bertz CT molecular complexity index is 796. The Morgan fingerprint density at radius 1 is 0.636 bits per heavy atom. The van der Waals surface area contributed by atoms with Gasteiger partial charge in [0.05, 0.1) is 0 Å². The van der Waals surface area contributed by atoms with Gasteiger partial charge in [-0.25, -0.2) is 0 Å². The molecule has 0 amide bonds. The molecule has 0 N–H and O–H groups in total. The average molecular weight is 284 g/mol. The Kier molecular flexibility index (Phi) is 2.94. The minimum absolute atomic E-state index is 0.0153. The van der Waals surface area contributed by atoms with Crippen LogP contribution in [-0.2, 0) is 5.41 Å². The van der Waals surface area contributed by atoms with E-state index in [1.807, 2.05) is 0 Å². The van der Waals surface area contributed by atoms with Crippen LogP contribution in [0.25, 0.3) is 11.1 Å². The van der Waals surface area contributed by atoms with E-state index in [4.69, 9.17) is 0 Å². The standard InChI is InChI=1S/C22H20/c1-3-22(19-13-7-4-10-16(19)2)20-14-8-5-11-17(20)18-12-6-9-15-21(18)22/h4-15H,3H2,1-2H3. The molecule has 0 radical (unpaired) electrons. The molecule has 0 unspecified atom stereocenters. The molecule has 4 rings (SSSR count). The highest BCUT2D eigenvalue weighted by atomic mass is 14.4. The van der Waals surface area contributed by atoms with E-state index < -0.39 is 0 Å². The van der Waals surface area contributed by atoms with E-state index in [0.29, 0.717) is 0 Å². The van der Waals surface area contributed by atoms with Crippen LogP contribution in [-0.4, -0.2) is 0 Å². The van der Waals surface area contributed by atoms with Gasteiger partial charge in [0.1, 0.15) is 0 Å². The molecule has 0 saturated heterocycles. The summed E-state index contributed by atoms with van der Waals surface area (Å²) in [6, 6.07) is 26.6. The summed E-state index contributed by atoms with van der Waals surface area (Å²) in [5.74, 6) is 0. The monoisotopic (exact) mass is 284 g/mol. The van der Waals surface area contributed by atoms with Crippen LogP contribution in [0.5, 0.6) is 0 Å². The largest absolute Gasteiger partial charge is 0.0639 e. The molecule has 3 aromatic rings. The van der Waals surface area contributed by atoms with Gasteiger partial charge in [0.25, 0.3) is 0 Å². The molecule has 0 fully saturated rings. The molecule has 0 aromatic heterocycles. The van der Waals surface area contributed by atoms with E-state index in [1.54, 1.807) is 0 Å². The van der Waals surface area contributed by atoms with E-state index in [9.17, 15) is 0 Å². The van der Waals surface area contributed by atoms with Gasteiger partial charge in [-0.1, -0.05) is 79.7 Å². The number of rotatable bonds is 2. The molecular weight excluding hydrogens is 264 g/mol. The first-order valence-electron chi connectivity index (χ1n) is 8.04. The summed E-state index contributed by atoms with van der Waals surface area (Å²) in [6.45, 7) is 4.54. The highest BCUT2D eigenvalue weighted by Crippen LogP contribution is 2.54. The van der Waals surface area contributed by atoms with Crippen LogP contribution in [0.4, 0.5) is 0 Å². The number of hydrogen-bond donors (Lipinski definition) is 0. The van der Waals surface area contributed by atoms with Gasteiger partial charge in [-0.05, 0) is 46.7 Å². The Morgan fingerprint density at radius 2 is 1.09 bits per heavy atom. The molecule has 1 aliphatic carbocycles. The van der Waals surface area contributed by atoms with Crippen molar-refractivity contribution in [3.05, 3.63) is 95.1 Å². The summed E-state index contributed by atoms with van der Waals surface area (Å²) in [5.41, 5.74) is 8.48. The fraction of sp³-hybridized carbons (Fsp3) is 0.182. The molecule has 0 heteroatoms. The van der Waals surface area contributed by atoms with Crippen molar-refractivity contribution in [1.82, 2.24) is 0 Å². The minimum Gasteiger partial charge on any atom is -0.0639 e. The van der Waals surface area contributed by atoms with Crippen LogP contribution in [0.15, 0.2) is 72.8 Å². The third-order valence-corrected chi connectivity index (χ3v) is 5.20. The minimum atomic E-state index is -0.0153. The first kappa shape index (κ1) is 13.3. The molecule has 22 heavy (non-hydrogen) atoms. The second-order valence-corrected chi connectivity index (χ2v) is 6.16. The van der Waals surface area contributed by atoms with Crippen molar-refractivity contribution in [3.63, 3.8) is 0 Å². The zero-order valence-electron chi connectivity index (χ0n) is 13.1. The molecule has 0 nitrogen and oxygen atoms in total. The van der Waals surface area contributed by atoms with E-state index in [0.717, 1.165) is 6.42 Å². The summed E-state index contributed by atoms with van der Waals surface area (Å²) < 4.78 is 0. The molecule has 3 aromatic carbocycles. The van der Waals surface area contributed by atoms with Crippen molar-refractivity contribution < 1.29 is 0 Å². The van der Waals surface area contributed by atoms with Crippen LogP contribution in [0.3, 0.4) is 0 Å². The van der Waals surface area contributed by atoms with Crippen LogP contribution in [0.2, 0.25) is 0 Å². The molecule has 0 atom stereocenters. The SMILES string of the molecule is CCC1(c2ccccc2C)c2ccccc2-c2ccccc21. The summed E-state index contributed by atoms with van der Waals surface area (Å²) in [5, 5.41) is 0. The smallest absolute Gasteiger partial charge is 0.0463 e. The number of fused-ring (bicyclic) bond motifs is 3. The van der Waals surface area contributed by atoms with Gasteiger partial charge in [0, 0.05) is 5.41 Å². The van der Waals surface area contributed by atoms with Crippen molar-refractivity contribution in [1.29, 1.82) is 0 Å². The van der Waals surface area contributed by atoms with Gasteiger partial charge < -0.3 is 0 Å². The van der Waals surface area contributed by atoms with E-state index in [-0.39, 0.29) is 5.41 Å². The van der Waals surface area contributed by atoms with Crippen LogP contribution < -0.4 is 0 Å². The third kappa shape index (κ3) is 1.58. The predicted molar refractivity (Wildman–Crippen MR) is 93.2 cm³/mol.